The van der Waals surface area contributed by atoms with Crippen LogP contribution in [0.15, 0.2) is 36.7 Å². The summed E-state index contributed by atoms with van der Waals surface area (Å²) in [6.07, 6.45) is 6.17. The minimum atomic E-state index is 0.305. The summed E-state index contributed by atoms with van der Waals surface area (Å²) in [6, 6.07) is 8.52. The van der Waals surface area contributed by atoms with Gasteiger partial charge in [0.1, 0.15) is 0 Å². The first-order valence-corrected chi connectivity index (χ1v) is 9.13. The highest BCUT2D eigenvalue weighted by molar-refractivity contribution is 7.19. The summed E-state index contributed by atoms with van der Waals surface area (Å²) >= 11 is 7.82. The molecule has 3 heterocycles. The van der Waals surface area contributed by atoms with Gasteiger partial charge < -0.3 is 0 Å². The van der Waals surface area contributed by atoms with E-state index in [1.807, 2.05) is 18.5 Å². The quantitative estimate of drug-likeness (QED) is 0.600. The van der Waals surface area contributed by atoms with Gasteiger partial charge in [0.15, 0.2) is 0 Å². The van der Waals surface area contributed by atoms with E-state index in [1.54, 1.807) is 11.3 Å². The van der Waals surface area contributed by atoms with Gasteiger partial charge in [-0.05, 0) is 56.5 Å². The van der Waals surface area contributed by atoms with Crippen molar-refractivity contribution in [2.24, 2.45) is 0 Å². The molecule has 0 aliphatic heterocycles. The molecule has 23 heavy (non-hydrogen) atoms. The molecule has 1 aliphatic carbocycles. The topological polar surface area (TPSA) is 30.7 Å². The van der Waals surface area contributed by atoms with Crippen LogP contribution >= 0.6 is 22.9 Å². The maximum atomic E-state index is 6.20. The van der Waals surface area contributed by atoms with Crippen molar-refractivity contribution in [1.29, 1.82) is 0 Å². The van der Waals surface area contributed by atoms with Gasteiger partial charge in [-0.2, -0.15) is 5.10 Å². The van der Waals surface area contributed by atoms with Crippen molar-refractivity contribution < 1.29 is 0 Å². The van der Waals surface area contributed by atoms with Crippen LogP contribution in [0.3, 0.4) is 0 Å². The van der Waals surface area contributed by atoms with Crippen molar-refractivity contribution >= 4 is 22.9 Å². The third-order valence-corrected chi connectivity index (χ3v) is 5.40. The van der Waals surface area contributed by atoms with Gasteiger partial charge in [-0.15, -0.1) is 11.3 Å². The monoisotopic (exact) mass is 343 g/mol. The molecule has 0 spiro atoms. The molecule has 1 aliphatic rings. The average Bonchev–Trinajstić information content (AvgIpc) is 3.17. The zero-order chi connectivity index (χ0) is 16.0. The first-order valence-electron chi connectivity index (χ1n) is 7.93. The summed E-state index contributed by atoms with van der Waals surface area (Å²) in [5.41, 5.74) is 4.85. The fourth-order valence-corrected chi connectivity index (χ4v) is 4.04. The molecule has 0 amide bonds. The molecule has 0 bridgehead atoms. The highest BCUT2D eigenvalue weighted by atomic mass is 35.5. The number of hydrogen-bond acceptors (Lipinski definition) is 3. The highest BCUT2D eigenvalue weighted by Gasteiger charge is 2.33. The zero-order valence-corrected chi connectivity index (χ0v) is 14.7. The molecule has 1 fully saturated rings. The van der Waals surface area contributed by atoms with E-state index in [4.69, 9.17) is 16.7 Å². The second kappa shape index (κ2) is 5.77. The molecule has 5 heteroatoms. The Morgan fingerprint density at radius 1 is 1.17 bits per heavy atom. The Kier molecular flexibility index (Phi) is 3.74. The summed E-state index contributed by atoms with van der Waals surface area (Å²) < 4.78 is 2.97. The average molecular weight is 344 g/mol. The normalized spacial score (nSPS) is 14.6. The number of rotatable bonds is 4. The molecule has 4 rings (SSSR count). The van der Waals surface area contributed by atoms with Crippen molar-refractivity contribution in [1.82, 2.24) is 14.8 Å². The van der Waals surface area contributed by atoms with Crippen LogP contribution in [0.4, 0.5) is 0 Å². The summed E-state index contributed by atoms with van der Waals surface area (Å²) in [7, 11) is 0. The SMILES string of the molecule is CC(C)n1nc(C2CC2)c(-c2ccncc2)c1-c1ccc(Cl)s1. The molecular weight excluding hydrogens is 326 g/mol. The van der Waals surface area contributed by atoms with Gasteiger partial charge in [0.05, 0.1) is 20.6 Å². The van der Waals surface area contributed by atoms with Gasteiger partial charge in [-0.3, -0.25) is 9.67 Å². The molecule has 3 aromatic heterocycles. The van der Waals surface area contributed by atoms with E-state index >= 15 is 0 Å². The Morgan fingerprint density at radius 2 is 1.91 bits per heavy atom. The zero-order valence-electron chi connectivity index (χ0n) is 13.2. The standard InChI is InChI=1S/C18H18ClN3S/c1-11(2)22-18(14-5-6-15(19)23-14)16(12-7-9-20-10-8-12)17(21-22)13-3-4-13/h5-11,13H,3-4H2,1-2H3. The Hall–Kier alpha value is -1.65. The largest absolute Gasteiger partial charge is 0.265 e. The predicted molar refractivity (Wildman–Crippen MR) is 96.1 cm³/mol. The second-order valence-electron chi connectivity index (χ2n) is 6.26. The summed E-state index contributed by atoms with van der Waals surface area (Å²) in [5.74, 6) is 0.590. The molecule has 3 nitrogen and oxygen atoms in total. The van der Waals surface area contributed by atoms with Gasteiger partial charge in [0.2, 0.25) is 0 Å². The van der Waals surface area contributed by atoms with Gasteiger partial charge in [0.25, 0.3) is 0 Å². The third-order valence-electron chi connectivity index (χ3n) is 4.17. The maximum absolute atomic E-state index is 6.20. The van der Waals surface area contributed by atoms with Crippen LogP contribution in [0.2, 0.25) is 4.34 Å². The van der Waals surface area contributed by atoms with Crippen LogP contribution in [0.25, 0.3) is 21.7 Å². The van der Waals surface area contributed by atoms with Gasteiger partial charge in [0, 0.05) is 29.9 Å². The molecule has 0 N–H and O–H groups in total. The lowest BCUT2D eigenvalue weighted by Crippen LogP contribution is -2.04. The van der Waals surface area contributed by atoms with Crippen LogP contribution in [0, 0.1) is 0 Å². The fourth-order valence-electron chi connectivity index (χ4n) is 2.95. The minimum absolute atomic E-state index is 0.305. The first kappa shape index (κ1) is 14.9. The molecule has 0 atom stereocenters. The lowest BCUT2D eigenvalue weighted by molar-refractivity contribution is 0.533. The van der Waals surface area contributed by atoms with E-state index in [1.165, 1.54) is 40.2 Å². The van der Waals surface area contributed by atoms with Crippen LogP contribution in [-0.4, -0.2) is 14.8 Å². The Balaban J connectivity index is 2.01. The molecule has 0 saturated heterocycles. The predicted octanol–water partition coefficient (Wildman–Crippen LogP) is 5.79. The second-order valence-corrected chi connectivity index (χ2v) is 7.98. The molecule has 0 aromatic carbocycles. The third kappa shape index (κ3) is 2.70. The summed E-state index contributed by atoms with van der Waals surface area (Å²) in [5, 5.41) is 4.99. The molecule has 0 radical (unpaired) electrons. The highest BCUT2D eigenvalue weighted by Crippen LogP contribution is 2.48. The van der Waals surface area contributed by atoms with Gasteiger partial charge in [-0.25, -0.2) is 0 Å². The first-order chi connectivity index (χ1) is 11.1. The van der Waals surface area contributed by atoms with E-state index in [2.05, 4.69) is 41.7 Å². The smallest absolute Gasteiger partial charge is 0.0935 e. The number of halogens is 1. The van der Waals surface area contributed by atoms with Crippen LogP contribution in [0.5, 0.6) is 0 Å². The number of pyridine rings is 1. The number of hydrogen-bond donors (Lipinski definition) is 0. The van der Waals surface area contributed by atoms with Crippen molar-refractivity contribution in [2.45, 2.75) is 38.6 Å². The van der Waals surface area contributed by atoms with E-state index < -0.39 is 0 Å². The van der Waals surface area contributed by atoms with E-state index in [9.17, 15) is 0 Å². The summed E-state index contributed by atoms with van der Waals surface area (Å²) in [4.78, 5) is 5.34. The number of nitrogens with zero attached hydrogens (tertiary/aromatic N) is 3. The Bertz CT molecular complexity index is 831. The molecule has 1 saturated carbocycles. The molecule has 0 unspecified atom stereocenters. The van der Waals surface area contributed by atoms with Gasteiger partial charge >= 0.3 is 0 Å². The molecule has 3 aromatic rings. The van der Waals surface area contributed by atoms with E-state index in [-0.39, 0.29) is 0 Å². The minimum Gasteiger partial charge on any atom is -0.265 e. The molecule has 118 valence electrons. The van der Waals surface area contributed by atoms with E-state index in [0.717, 1.165) is 4.34 Å². The lowest BCUT2D eigenvalue weighted by Gasteiger charge is -2.11. The number of thiophene rings is 1. The summed E-state index contributed by atoms with van der Waals surface area (Å²) in [6.45, 7) is 4.36. The van der Waals surface area contributed by atoms with Crippen molar-refractivity contribution in [3.8, 4) is 21.7 Å². The van der Waals surface area contributed by atoms with Crippen LogP contribution < -0.4 is 0 Å². The van der Waals surface area contributed by atoms with E-state index in [0.29, 0.717) is 12.0 Å². The van der Waals surface area contributed by atoms with Crippen molar-refractivity contribution in [3.63, 3.8) is 0 Å². The lowest BCUT2D eigenvalue weighted by atomic mass is 10.0. The Labute approximate surface area is 144 Å². The Morgan fingerprint density at radius 3 is 2.48 bits per heavy atom. The molecular formula is C18H18ClN3S. The van der Waals surface area contributed by atoms with Crippen LogP contribution in [0.1, 0.15) is 44.3 Å². The number of aromatic nitrogens is 3. The van der Waals surface area contributed by atoms with Crippen molar-refractivity contribution in [3.05, 3.63) is 46.7 Å². The van der Waals surface area contributed by atoms with Gasteiger partial charge in [-0.1, -0.05) is 11.6 Å². The fraction of sp³-hybridized carbons (Fsp3) is 0.333. The van der Waals surface area contributed by atoms with Crippen LogP contribution in [-0.2, 0) is 0 Å². The van der Waals surface area contributed by atoms with Crippen molar-refractivity contribution in [2.75, 3.05) is 0 Å². The maximum Gasteiger partial charge on any atom is 0.0935 e.